The normalized spacial score (nSPS) is 17.3. The standard InChI is InChI=1S/C22H31N5O3/c1-17-5-6-20-18(15-17)19(7-14-30-20)23-27-16-21(28)26(22(27)29)9-4-3-8-25-12-10-24(2)11-13-25/h5-7,15-16,23,28H,3-4,8-14H2,1-2H3. The molecule has 1 fully saturated rings. The maximum atomic E-state index is 12.8. The smallest absolute Gasteiger partial charge is 0.349 e. The minimum Gasteiger partial charge on any atom is -0.493 e. The van der Waals surface area contributed by atoms with Crippen LogP contribution in [0.2, 0.25) is 0 Å². The van der Waals surface area contributed by atoms with Crippen molar-refractivity contribution in [2.45, 2.75) is 26.3 Å². The number of hydrogen-bond acceptors (Lipinski definition) is 6. The first-order valence-electron chi connectivity index (χ1n) is 10.6. The van der Waals surface area contributed by atoms with Gasteiger partial charge in [0.25, 0.3) is 0 Å². The Hall–Kier alpha value is -2.71. The van der Waals surface area contributed by atoms with Crippen molar-refractivity contribution in [3.8, 4) is 11.6 Å². The molecule has 0 bridgehead atoms. The van der Waals surface area contributed by atoms with Gasteiger partial charge in [-0.2, -0.15) is 0 Å². The summed E-state index contributed by atoms with van der Waals surface area (Å²) in [6, 6.07) is 5.96. The van der Waals surface area contributed by atoms with Crippen LogP contribution in [0.3, 0.4) is 0 Å². The number of nitrogens with zero attached hydrogens (tertiary/aromatic N) is 4. The predicted molar refractivity (Wildman–Crippen MR) is 118 cm³/mol. The van der Waals surface area contributed by atoms with Crippen molar-refractivity contribution in [2.24, 2.45) is 0 Å². The molecule has 0 amide bonds. The number of hydrogen-bond donors (Lipinski definition) is 2. The summed E-state index contributed by atoms with van der Waals surface area (Å²) in [4.78, 5) is 17.6. The Bertz CT molecular complexity index is 970. The summed E-state index contributed by atoms with van der Waals surface area (Å²) >= 11 is 0. The second-order valence-corrected chi connectivity index (χ2v) is 8.18. The number of benzene rings is 1. The molecule has 8 heteroatoms. The Balaban J connectivity index is 1.37. The maximum absolute atomic E-state index is 12.8. The van der Waals surface area contributed by atoms with Gasteiger partial charge in [0.15, 0.2) is 0 Å². The summed E-state index contributed by atoms with van der Waals surface area (Å²) in [7, 11) is 2.15. The van der Waals surface area contributed by atoms with Crippen LogP contribution in [0.4, 0.5) is 0 Å². The van der Waals surface area contributed by atoms with Crippen LogP contribution in [0.5, 0.6) is 11.6 Å². The SMILES string of the molecule is Cc1ccc2c(c1)C(Nn1cc(O)n(CCCCN3CCN(C)CC3)c1=O)=CCO2. The third-order valence-corrected chi connectivity index (χ3v) is 5.85. The average molecular weight is 414 g/mol. The van der Waals surface area contributed by atoms with E-state index in [1.165, 1.54) is 15.4 Å². The molecule has 2 N–H and O–H groups in total. The molecular formula is C22H31N5O3. The molecule has 4 rings (SSSR count). The first-order valence-corrected chi connectivity index (χ1v) is 10.6. The van der Waals surface area contributed by atoms with Gasteiger partial charge in [0, 0.05) is 38.3 Å². The van der Waals surface area contributed by atoms with Crippen molar-refractivity contribution < 1.29 is 9.84 Å². The number of ether oxygens (including phenoxy) is 1. The number of rotatable bonds is 7. The molecule has 0 spiro atoms. The van der Waals surface area contributed by atoms with E-state index >= 15 is 0 Å². The molecule has 2 aromatic rings. The first kappa shape index (κ1) is 20.6. The number of likely N-dealkylation sites (N-methyl/N-ethyl adjacent to an activating group) is 1. The van der Waals surface area contributed by atoms with E-state index in [-0.39, 0.29) is 11.6 Å². The average Bonchev–Trinajstić information content (AvgIpc) is 3.00. The second kappa shape index (κ2) is 8.97. The van der Waals surface area contributed by atoms with Gasteiger partial charge in [0.05, 0.1) is 11.9 Å². The monoisotopic (exact) mass is 413 g/mol. The van der Waals surface area contributed by atoms with E-state index in [0.717, 1.165) is 68.1 Å². The molecule has 0 saturated carbocycles. The van der Waals surface area contributed by atoms with Crippen molar-refractivity contribution in [3.05, 3.63) is 52.1 Å². The van der Waals surface area contributed by atoms with Crippen molar-refractivity contribution in [3.63, 3.8) is 0 Å². The second-order valence-electron chi connectivity index (χ2n) is 8.18. The lowest BCUT2D eigenvalue weighted by Gasteiger charge is -2.32. The third kappa shape index (κ3) is 4.55. The van der Waals surface area contributed by atoms with Crippen LogP contribution in [0.1, 0.15) is 24.0 Å². The van der Waals surface area contributed by atoms with Gasteiger partial charge in [-0.15, -0.1) is 0 Å². The highest BCUT2D eigenvalue weighted by Crippen LogP contribution is 2.29. The van der Waals surface area contributed by atoms with Crippen LogP contribution in [0.15, 0.2) is 35.3 Å². The molecule has 1 saturated heterocycles. The molecule has 1 aromatic carbocycles. The molecule has 2 aliphatic heterocycles. The Labute approximate surface area is 176 Å². The van der Waals surface area contributed by atoms with E-state index in [4.69, 9.17) is 4.74 Å². The number of aromatic hydroxyl groups is 1. The fraction of sp³-hybridized carbons (Fsp3) is 0.500. The molecule has 0 aliphatic carbocycles. The highest BCUT2D eigenvalue weighted by molar-refractivity contribution is 5.75. The largest absolute Gasteiger partial charge is 0.493 e. The van der Waals surface area contributed by atoms with Crippen LogP contribution in [0.25, 0.3) is 5.70 Å². The summed E-state index contributed by atoms with van der Waals surface area (Å²) in [5.74, 6) is 0.760. The fourth-order valence-corrected chi connectivity index (χ4v) is 3.98. The summed E-state index contributed by atoms with van der Waals surface area (Å²) in [6.07, 6.45) is 5.19. The van der Waals surface area contributed by atoms with Gasteiger partial charge >= 0.3 is 5.69 Å². The molecule has 162 valence electrons. The maximum Gasteiger partial charge on any atom is 0.349 e. The van der Waals surface area contributed by atoms with E-state index in [0.29, 0.717) is 13.2 Å². The molecule has 2 aliphatic rings. The van der Waals surface area contributed by atoms with Gasteiger partial charge in [-0.3, -0.25) is 9.99 Å². The highest BCUT2D eigenvalue weighted by Gasteiger charge is 2.17. The zero-order valence-electron chi connectivity index (χ0n) is 17.8. The predicted octanol–water partition coefficient (Wildman–Crippen LogP) is 1.67. The van der Waals surface area contributed by atoms with Gasteiger partial charge in [0.2, 0.25) is 5.88 Å². The lowest BCUT2D eigenvalue weighted by molar-refractivity contribution is 0.151. The van der Waals surface area contributed by atoms with Crippen LogP contribution < -0.4 is 15.9 Å². The van der Waals surface area contributed by atoms with Crippen molar-refractivity contribution in [1.29, 1.82) is 0 Å². The van der Waals surface area contributed by atoms with E-state index < -0.39 is 0 Å². The molecule has 0 atom stereocenters. The summed E-state index contributed by atoms with van der Waals surface area (Å²) < 4.78 is 8.43. The molecular weight excluding hydrogens is 382 g/mol. The van der Waals surface area contributed by atoms with Gasteiger partial charge in [-0.05, 0) is 51.6 Å². The van der Waals surface area contributed by atoms with Gasteiger partial charge < -0.3 is 19.6 Å². The van der Waals surface area contributed by atoms with Crippen molar-refractivity contribution in [2.75, 3.05) is 51.8 Å². The minimum absolute atomic E-state index is 0.0239. The van der Waals surface area contributed by atoms with Gasteiger partial charge in [-0.1, -0.05) is 11.6 Å². The Kier molecular flexibility index (Phi) is 6.15. The lowest BCUT2D eigenvalue weighted by Crippen LogP contribution is -2.44. The fourth-order valence-electron chi connectivity index (χ4n) is 3.98. The number of nitrogens with one attached hydrogen (secondary N) is 1. The van der Waals surface area contributed by atoms with Crippen LogP contribution in [0, 0.1) is 6.92 Å². The molecule has 30 heavy (non-hydrogen) atoms. The van der Waals surface area contributed by atoms with Crippen LogP contribution in [-0.2, 0) is 6.54 Å². The molecule has 8 nitrogen and oxygen atoms in total. The molecule has 1 aromatic heterocycles. The summed E-state index contributed by atoms with van der Waals surface area (Å²) in [5, 5.41) is 10.3. The van der Waals surface area contributed by atoms with Crippen LogP contribution >= 0.6 is 0 Å². The van der Waals surface area contributed by atoms with E-state index in [1.54, 1.807) is 0 Å². The van der Waals surface area contributed by atoms with E-state index in [1.807, 2.05) is 31.2 Å². The minimum atomic E-state index is -0.270. The number of imidazole rings is 1. The first-order chi connectivity index (χ1) is 14.5. The topological polar surface area (TPSA) is 74.9 Å². The van der Waals surface area contributed by atoms with Gasteiger partial charge in [0.1, 0.15) is 12.4 Å². The summed E-state index contributed by atoms with van der Waals surface area (Å²) in [5.41, 5.74) is 5.68. The number of fused-ring (bicyclic) bond motifs is 1. The third-order valence-electron chi connectivity index (χ3n) is 5.85. The van der Waals surface area contributed by atoms with Crippen LogP contribution in [-0.4, -0.2) is 70.5 Å². The molecule has 0 unspecified atom stereocenters. The molecule has 3 heterocycles. The van der Waals surface area contributed by atoms with Gasteiger partial charge in [-0.25, -0.2) is 9.47 Å². The summed E-state index contributed by atoms with van der Waals surface area (Å²) in [6.45, 7) is 8.41. The Morgan fingerprint density at radius 3 is 2.70 bits per heavy atom. The molecule has 0 radical (unpaired) electrons. The van der Waals surface area contributed by atoms with E-state index in [2.05, 4.69) is 22.3 Å². The number of piperazine rings is 1. The number of aryl methyl sites for hydroxylation is 1. The number of unbranched alkanes of at least 4 members (excludes halogenated alkanes) is 1. The Morgan fingerprint density at radius 2 is 1.90 bits per heavy atom. The zero-order chi connectivity index (χ0) is 21.1. The number of aromatic nitrogens is 2. The highest BCUT2D eigenvalue weighted by atomic mass is 16.5. The Morgan fingerprint density at radius 1 is 1.13 bits per heavy atom. The van der Waals surface area contributed by atoms with Crippen molar-refractivity contribution >= 4 is 5.70 Å². The van der Waals surface area contributed by atoms with Crippen molar-refractivity contribution in [1.82, 2.24) is 19.0 Å². The quantitative estimate of drug-likeness (QED) is 0.673. The zero-order valence-corrected chi connectivity index (χ0v) is 17.8. The van der Waals surface area contributed by atoms with E-state index in [9.17, 15) is 9.90 Å². The lowest BCUT2D eigenvalue weighted by atomic mass is 10.1.